The maximum atomic E-state index is 11.4. The van der Waals surface area contributed by atoms with Crippen LogP contribution in [-0.2, 0) is 4.79 Å². The minimum Gasteiger partial charge on any atom is -0.364 e. The molecule has 2 rings (SSSR count). The van der Waals surface area contributed by atoms with E-state index in [-0.39, 0.29) is 16.6 Å². The molecule has 0 aromatic carbocycles. The smallest absolute Gasteiger partial charge is 0.224 e. The third-order valence-electron chi connectivity index (χ3n) is 4.00. The Morgan fingerprint density at radius 1 is 1.35 bits per heavy atom. The maximum absolute atomic E-state index is 11.4. The molecular weight excluding hydrogens is 312 g/mol. The fourth-order valence-corrected chi connectivity index (χ4v) is 2.78. The van der Waals surface area contributed by atoms with Crippen molar-refractivity contribution in [2.24, 2.45) is 0 Å². The summed E-state index contributed by atoms with van der Waals surface area (Å²) in [7, 11) is 0. The lowest BCUT2D eigenvalue weighted by atomic mass is 9.88. The molecule has 0 saturated carbocycles. The van der Waals surface area contributed by atoms with Crippen LogP contribution >= 0.6 is 11.6 Å². The zero-order valence-electron chi connectivity index (χ0n) is 13.9. The number of carbonyl (C=O) groups is 1. The van der Waals surface area contributed by atoms with Gasteiger partial charge in [0.05, 0.1) is 11.7 Å². The van der Waals surface area contributed by atoms with Gasteiger partial charge < -0.3 is 10.1 Å². The van der Waals surface area contributed by atoms with Crippen LogP contribution in [0.5, 0.6) is 0 Å². The molecule has 2 aromatic rings. The highest BCUT2D eigenvalue weighted by Crippen LogP contribution is 2.29. The number of rotatable bonds is 8. The van der Waals surface area contributed by atoms with E-state index in [1.54, 1.807) is 19.3 Å². The summed E-state index contributed by atoms with van der Waals surface area (Å²) in [5.41, 5.74) is 0.495. The summed E-state index contributed by atoms with van der Waals surface area (Å²) in [4.78, 5) is 24.0. The number of hydrogen-bond donors (Lipinski definition) is 1. The van der Waals surface area contributed by atoms with Gasteiger partial charge in [-0.25, -0.2) is 9.97 Å². The minimum absolute atomic E-state index is 0.192. The Balaban J connectivity index is 2.33. The zero-order valence-corrected chi connectivity index (χ0v) is 14.7. The number of hydrogen-bond acceptors (Lipinski definition) is 5. The molecule has 0 saturated heterocycles. The monoisotopic (exact) mass is 334 g/mol. The Morgan fingerprint density at radius 2 is 2.13 bits per heavy atom. The number of ketones is 1. The average Bonchev–Trinajstić information content (AvgIpc) is 2.51. The largest absolute Gasteiger partial charge is 0.364 e. The number of nitrogens with zero attached hydrogens (tertiary/aromatic N) is 3. The molecule has 5 nitrogen and oxygen atoms in total. The molecule has 0 radical (unpaired) electrons. The molecule has 1 N–H and O–H groups in total. The molecule has 0 aliphatic rings. The number of anilines is 1. The van der Waals surface area contributed by atoms with Gasteiger partial charge in [0.15, 0.2) is 0 Å². The molecule has 23 heavy (non-hydrogen) atoms. The Kier molecular flexibility index (Phi) is 5.88. The quantitative estimate of drug-likeness (QED) is 0.724. The Bertz CT molecular complexity index is 691. The van der Waals surface area contributed by atoms with Crippen LogP contribution in [0.1, 0.15) is 52.9 Å². The second-order valence-electron chi connectivity index (χ2n) is 6.23. The Hall–Kier alpha value is -1.75. The number of carbonyl (C=O) groups excluding carboxylic acids is 1. The van der Waals surface area contributed by atoms with Crippen LogP contribution in [0.2, 0.25) is 5.28 Å². The highest BCUT2D eigenvalue weighted by Gasteiger charge is 2.25. The van der Waals surface area contributed by atoms with E-state index >= 15 is 0 Å². The molecule has 6 heteroatoms. The molecular formula is C17H23ClN4O. The van der Waals surface area contributed by atoms with Gasteiger partial charge in [0.2, 0.25) is 5.28 Å². The SMILES string of the molecule is CCCC[C@](C)(CCC(C)=O)Nc1nc(Cl)nc2cnccc12. The maximum Gasteiger partial charge on any atom is 0.224 e. The van der Waals surface area contributed by atoms with Gasteiger partial charge in [0.1, 0.15) is 11.6 Å². The first-order valence-corrected chi connectivity index (χ1v) is 8.36. The fraction of sp³-hybridized carbons (Fsp3) is 0.529. The van der Waals surface area contributed by atoms with Gasteiger partial charge in [-0.15, -0.1) is 0 Å². The molecule has 0 unspecified atom stereocenters. The van der Waals surface area contributed by atoms with Crippen molar-refractivity contribution in [3.8, 4) is 0 Å². The number of Topliss-reactive ketones (excluding diaryl/α,β-unsaturated/α-hetero) is 1. The molecule has 0 aliphatic heterocycles. The summed E-state index contributed by atoms with van der Waals surface area (Å²) in [6.07, 6.45) is 7.84. The van der Waals surface area contributed by atoms with Crippen molar-refractivity contribution >= 4 is 34.1 Å². The van der Waals surface area contributed by atoms with Crippen LogP contribution in [0, 0.1) is 0 Å². The lowest BCUT2D eigenvalue weighted by Gasteiger charge is -2.32. The first-order chi connectivity index (χ1) is 10.9. The van der Waals surface area contributed by atoms with Crippen molar-refractivity contribution in [1.29, 1.82) is 0 Å². The van der Waals surface area contributed by atoms with Gasteiger partial charge >= 0.3 is 0 Å². The predicted octanol–water partition coefficient (Wildman–Crippen LogP) is 4.41. The average molecular weight is 335 g/mol. The van der Waals surface area contributed by atoms with Crippen LogP contribution < -0.4 is 5.32 Å². The first kappa shape index (κ1) is 17.6. The normalized spacial score (nSPS) is 13.7. The van der Waals surface area contributed by atoms with E-state index in [0.29, 0.717) is 17.8 Å². The Morgan fingerprint density at radius 3 is 2.83 bits per heavy atom. The number of aromatic nitrogens is 3. The molecule has 2 aromatic heterocycles. The zero-order chi connectivity index (χ0) is 16.9. The van der Waals surface area contributed by atoms with Crippen LogP contribution in [0.3, 0.4) is 0 Å². The molecule has 0 spiro atoms. The molecule has 0 aliphatic carbocycles. The fourth-order valence-electron chi connectivity index (χ4n) is 2.60. The summed E-state index contributed by atoms with van der Waals surface area (Å²) < 4.78 is 0. The summed E-state index contributed by atoms with van der Waals surface area (Å²) in [6.45, 7) is 5.92. The van der Waals surface area contributed by atoms with E-state index in [9.17, 15) is 4.79 Å². The van der Waals surface area contributed by atoms with Crippen LogP contribution in [0.4, 0.5) is 5.82 Å². The second kappa shape index (κ2) is 7.68. The summed E-state index contributed by atoms with van der Waals surface area (Å²) in [5.74, 6) is 0.897. The van der Waals surface area contributed by atoms with Gasteiger partial charge in [-0.1, -0.05) is 19.8 Å². The number of pyridine rings is 1. The minimum atomic E-state index is -0.213. The highest BCUT2D eigenvalue weighted by molar-refractivity contribution is 6.28. The topological polar surface area (TPSA) is 67.8 Å². The Labute approximate surface area is 141 Å². The number of unbranched alkanes of at least 4 members (excludes halogenated alkanes) is 1. The number of fused-ring (bicyclic) bond motifs is 1. The van der Waals surface area contributed by atoms with Gasteiger partial charge in [-0.05, 0) is 44.4 Å². The summed E-state index contributed by atoms with van der Waals surface area (Å²) >= 11 is 6.04. The molecule has 1 atom stereocenters. The van der Waals surface area contributed by atoms with E-state index in [1.165, 1.54) is 0 Å². The predicted molar refractivity (Wildman–Crippen MR) is 93.8 cm³/mol. The number of halogens is 1. The lowest BCUT2D eigenvalue weighted by molar-refractivity contribution is -0.117. The second-order valence-corrected chi connectivity index (χ2v) is 6.56. The third kappa shape index (κ3) is 4.86. The van der Waals surface area contributed by atoms with Gasteiger partial charge in [-0.3, -0.25) is 4.98 Å². The van der Waals surface area contributed by atoms with E-state index in [0.717, 1.165) is 31.1 Å². The van der Waals surface area contributed by atoms with E-state index < -0.39 is 0 Å². The standard InChI is InChI=1S/C17H23ClN4O/c1-4-5-8-17(3,9-6-12(2)23)22-15-13-7-10-19-11-14(13)20-16(18)21-15/h7,10-11H,4-6,8-9H2,1-3H3,(H,20,21,22)/t17-/m1/s1. The van der Waals surface area contributed by atoms with E-state index in [1.807, 2.05) is 6.07 Å². The van der Waals surface area contributed by atoms with Gasteiger partial charge in [0.25, 0.3) is 0 Å². The van der Waals surface area contributed by atoms with Crippen LogP contribution in [-0.4, -0.2) is 26.3 Å². The highest BCUT2D eigenvalue weighted by atomic mass is 35.5. The molecule has 0 fully saturated rings. The van der Waals surface area contributed by atoms with Crippen molar-refractivity contribution in [1.82, 2.24) is 15.0 Å². The molecule has 0 bridgehead atoms. The van der Waals surface area contributed by atoms with Crippen LogP contribution in [0.25, 0.3) is 10.9 Å². The van der Waals surface area contributed by atoms with Crippen molar-refractivity contribution in [3.05, 3.63) is 23.7 Å². The first-order valence-electron chi connectivity index (χ1n) is 7.98. The van der Waals surface area contributed by atoms with Crippen molar-refractivity contribution in [2.75, 3.05) is 5.32 Å². The van der Waals surface area contributed by atoms with E-state index in [2.05, 4.69) is 34.1 Å². The summed E-state index contributed by atoms with van der Waals surface area (Å²) in [5, 5.41) is 4.59. The van der Waals surface area contributed by atoms with Crippen molar-refractivity contribution in [2.45, 2.75) is 58.4 Å². The summed E-state index contributed by atoms with van der Waals surface area (Å²) in [6, 6.07) is 1.87. The third-order valence-corrected chi connectivity index (χ3v) is 4.17. The van der Waals surface area contributed by atoms with Crippen LogP contribution in [0.15, 0.2) is 18.5 Å². The number of nitrogens with one attached hydrogen (secondary N) is 1. The van der Waals surface area contributed by atoms with Gasteiger partial charge in [-0.2, -0.15) is 0 Å². The molecule has 2 heterocycles. The molecule has 0 amide bonds. The molecule has 124 valence electrons. The van der Waals surface area contributed by atoms with Crippen molar-refractivity contribution in [3.63, 3.8) is 0 Å². The van der Waals surface area contributed by atoms with Crippen molar-refractivity contribution < 1.29 is 4.79 Å². The lowest BCUT2D eigenvalue weighted by Crippen LogP contribution is -2.35. The van der Waals surface area contributed by atoms with E-state index in [4.69, 9.17) is 11.6 Å². The van der Waals surface area contributed by atoms with Gasteiger partial charge in [0, 0.05) is 23.5 Å².